The van der Waals surface area contributed by atoms with E-state index in [1.807, 2.05) is 18.3 Å². The predicted molar refractivity (Wildman–Crippen MR) is 136 cm³/mol. The minimum atomic E-state index is 0.471. The fourth-order valence-electron chi connectivity index (χ4n) is 5.59. The smallest absolute Gasteiger partial charge is 0.161 e. The summed E-state index contributed by atoms with van der Waals surface area (Å²) in [6.07, 6.45) is 5.37. The van der Waals surface area contributed by atoms with Gasteiger partial charge in [0.05, 0.1) is 31.1 Å². The highest BCUT2D eigenvalue weighted by molar-refractivity contribution is 5.96. The van der Waals surface area contributed by atoms with Crippen LogP contribution in [0.15, 0.2) is 54.7 Å². The molecule has 7 heteroatoms. The van der Waals surface area contributed by atoms with Crippen LogP contribution in [0.5, 0.6) is 11.5 Å². The number of methoxy groups -OCH3 is 1. The average molecular weight is 462 g/mol. The predicted octanol–water partition coefficient (Wildman–Crippen LogP) is 3.48. The van der Waals surface area contributed by atoms with Crippen LogP contribution in [0, 0.1) is 11.8 Å². The van der Waals surface area contributed by atoms with Crippen molar-refractivity contribution < 1.29 is 9.47 Å². The number of nitrogens with zero attached hydrogens (tertiary/aromatic N) is 2. The Hall–Kier alpha value is -2.87. The van der Waals surface area contributed by atoms with Gasteiger partial charge in [-0.3, -0.25) is 16.3 Å². The largest absolute Gasteiger partial charge is 0.497 e. The van der Waals surface area contributed by atoms with E-state index in [1.54, 1.807) is 7.11 Å². The molecule has 0 radical (unpaired) electrons. The van der Waals surface area contributed by atoms with Gasteiger partial charge in [0.15, 0.2) is 5.75 Å². The quantitative estimate of drug-likeness (QED) is 0.350. The lowest BCUT2D eigenvalue weighted by Gasteiger charge is -2.40. The maximum Gasteiger partial charge on any atom is 0.161 e. The molecule has 7 nitrogen and oxygen atoms in total. The van der Waals surface area contributed by atoms with E-state index in [0.29, 0.717) is 24.5 Å². The number of hydrogen-bond donors (Lipinski definition) is 3. The highest BCUT2D eigenvalue weighted by atomic mass is 16.5. The second-order valence-electron chi connectivity index (χ2n) is 9.47. The molecule has 1 fully saturated rings. The van der Waals surface area contributed by atoms with Crippen molar-refractivity contribution in [1.29, 1.82) is 0 Å². The molecule has 0 saturated heterocycles. The number of pyridine rings is 1. The zero-order chi connectivity index (χ0) is 23.3. The van der Waals surface area contributed by atoms with Gasteiger partial charge in [0.1, 0.15) is 12.4 Å². The van der Waals surface area contributed by atoms with Crippen LogP contribution in [0.4, 0.5) is 5.69 Å². The highest BCUT2D eigenvalue weighted by Gasteiger charge is 2.32. The topological polar surface area (TPSA) is 84.7 Å². The van der Waals surface area contributed by atoms with E-state index in [1.165, 1.54) is 12.0 Å². The first-order valence-electron chi connectivity index (χ1n) is 12.3. The van der Waals surface area contributed by atoms with Gasteiger partial charge in [0.25, 0.3) is 0 Å². The molecule has 3 atom stereocenters. The van der Waals surface area contributed by atoms with Gasteiger partial charge in [-0.25, -0.2) is 0 Å². The summed E-state index contributed by atoms with van der Waals surface area (Å²) in [7, 11) is 1.70. The van der Waals surface area contributed by atoms with E-state index in [0.717, 1.165) is 67.1 Å². The van der Waals surface area contributed by atoms with Crippen LogP contribution in [0.1, 0.15) is 24.8 Å². The molecule has 1 saturated carbocycles. The van der Waals surface area contributed by atoms with Crippen LogP contribution >= 0.6 is 0 Å². The average Bonchev–Trinajstić information content (AvgIpc) is 2.88. The maximum absolute atomic E-state index is 5.99. The number of fused-ring (bicyclic) bond motifs is 3. The van der Waals surface area contributed by atoms with Crippen LogP contribution in [-0.2, 0) is 6.54 Å². The molecule has 2 aliphatic rings. The summed E-state index contributed by atoms with van der Waals surface area (Å²) < 4.78 is 11.5. The lowest BCUT2D eigenvalue weighted by Crippen LogP contribution is -2.48. The Morgan fingerprint density at radius 3 is 2.88 bits per heavy atom. The zero-order valence-electron chi connectivity index (χ0n) is 19.9. The maximum atomic E-state index is 5.99. The van der Waals surface area contributed by atoms with Crippen LogP contribution in [0.25, 0.3) is 10.9 Å². The molecule has 0 amide bonds. The lowest BCUT2D eigenvalue weighted by molar-refractivity contribution is 0.196. The number of benzene rings is 2. The molecular formula is C27H35N5O2. The third-order valence-corrected chi connectivity index (χ3v) is 7.31. The molecule has 5 rings (SSSR count). The summed E-state index contributed by atoms with van der Waals surface area (Å²) in [5.74, 6) is 8.60. The normalized spacial score (nSPS) is 22.3. The van der Waals surface area contributed by atoms with Crippen LogP contribution in [0.2, 0.25) is 0 Å². The summed E-state index contributed by atoms with van der Waals surface area (Å²) >= 11 is 0. The number of hydrazine groups is 1. The number of ether oxygens (including phenoxy) is 2. The van der Waals surface area contributed by atoms with Crippen molar-refractivity contribution in [2.75, 3.05) is 38.3 Å². The Bertz CT molecular complexity index is 1090. The minimum absolute atomic E-state index is 0.471. The molecule has 0 bridgehead atoms. The fourth-order valence-corrected chi connectivity index (χ4v) is 5.59. The van der Waals surface area contributed by atoms with Crippen molar-refractivity contribution in [3.8, 4) is 11.5 Å². The fraction of sp³-hybridized carbons (Fsp3) is 0.444. The lowest BCUT2D eigenvalue weighted by atomic mass is 9.77. The molecule has 1 aliphatic heterocycles. The number of nitrogens with two attached hydrogens (primary N) is 1. The van der Waals surface area contributed by atoms with Crippen molar-refractivity contribution in [3.63, 3.8) is 0 Å². The van der Waals surface area contributed by atoms with E-state index in [9.17, 15) is 0 Å². The number of rotatable bonds is 8. The van der Waals surface area contributed by atoms with Crippen molar-refractivity contribution in [2.24, 2.45) is 17.7 Å². The van der Waals surface area contributed by atoms with Gasteiger partial charge in [-0.1, -0.05) is 30.3 Å². The summed E-state index contributed by atoms with van der Waals surface area (Å²) in [5.41, 5.74) is 6.38. The molecule has 0 unspecified atom stereocenters. The Labute approximate surface area is 201 Å². The van der Waals surface area contributed by atoms with E-state index >= 15 is 0 Å². The molecule has 2 heterocycles. The summed E-state index contributed by atoms with van der Waals surface area (Å²) in [4.78, 5) is 7.10. The molecule has 4 N–H and O–H groups in total. The van der Waals surface area contributed by atoms with Crippen LogP contribution < -0.4 is 31.0 Å². The van der Waals surface area contributed by atoms with Gasteiger partial charge in [-0.15, -0.1) is 0 Å². The second kappa shape index (κ2) is 10.6. The van der Waals surface area contributed by atoms with E-state index in [-0.39, 0.29) is 0 Å². The third kappa shape index (κ3) is 4.97. The Balaban J connectivity index is 1.30. The zero-order valence-corrected chi connectivity index (χ0v) is 19.9. The van der Waals surface area contributed by atoms with E-state index in [4.69, 9.17) is 15.3 Å². The van der Waals surface area contributed by atoms with Crippen molar-refractivity contribution >= 4 is 16.6 Å². The number of hydrogen-bond acceptors (Lipinski definition) is 7. The molecular weight excluding hydrogens is 426 g/mol. The molecule has 2 aromatic carbocycles. The van der Waals surface area contributed by atoms with Gasteiger partial charge in [0, 0.05) is 31.1 Å². The minimum Gasteiger partial charge on any atom is -0.497 e. The summed E-state index contributed by atoms with van der Waals surface area (Å²) in [6, 6.07) is 17.2. The first-order chi connectivity index (χ1) is 16.7. The Kier molecular flexibility index (Phi) is 7.13. The van der Waals surface area contributed by atoms with E-state index in [2.05, 4.69) is 57.0 Å². The standard InChI is InChI=1S/C27H35N5O2/c1-33-22-8-10-25-23(14-22)27-26(17-30-25)34-12-11-32(27)18-20-7-9-24(21(13-20)16-31-28)29-15-19-5-3-2-4-6-19/h2-6,8,10,14,17,20-21,24,29,31H,7,9,11-13,15-16,18,28H2,1H3/t20-,21-,24-/m1/s1. The molecule has 1 aromatic heterocycles. The number of anilines is 1. The van der Waals surface area contributed by atoms with Crippen LogP contribution in [0.3, 0.4) is 0 Å². The molecule has 34 heavy (non-hydrogen) atoms. The Morgan fingerprint density at radius 2 is 2.06 bits per heavy atom. The van der Waals surface area contributed by atoms with Crippen molar-refractivity contribution in [2.45, 2.75) is 31.8 Å². The monoisotopic (exact) mass is 461 g/mol. The van der Waals surface area contributed by atoms with Gasteiger partial charge >= 0.3 is 0 Å². The first kappa shape index (κ1) is 22.9. The second-order valence-corrected chi connectivity index (χ2v) is 9.47. The summed E-state index contributed by atoms with van der Waals surface area (Å²) in [5, 5.41) is 4.89. The third-order valence-electron chi connectivity index (χ3n) is 7.31. The van der Waals surface area contributed by atoms with Gasteiger partial charge in [0.2, 0.25) is 0 Å². The van der Waals surface area contributed by atoms with Crippen LogP contribution in [-0.4, -0.2) is 44.4 Å². The highest BCUT2D eigenvalue weighted by Crippen LogP contribution is 2.40. The molecule has 0 spiro atoms. The van der Waals surface area contributed by atoms with Crippen molar-refractivity contribution in [3.05, 3.63) is 60.3 Å². The van der Waals surface area contributed by atoms with Gasteiger partial charge < -0.3 is 19.7 Å². The molecule has 1 aliphatic carbocycles. The van der Waals surface area contributed by atoms with Gasteiger partial charge in [-0.2, -0.15) is 0 Å². The Morgan fingerprint density at radius 1 is 1.18 bits per heavy atom. The number of aromatic nitrogens is 1. The summed E-state index contributed by atoms with van der Waals surface area (Å²) in [6.45, 7) is 4.31. The van der Waals surface area contributed by atoms with E-state index < -0.39 is 0 Å². The number of nitrogens with one attached hydrogen (secondary N) is 2. The first-order valence-corrected chi connectivity index (χ1v) is 12.3. The van der Waals surface area contributed by atoms with Crippen molar-refractivity contribution in [1.82, 2.24) is 15.7 Å². The molecule has 180 valence electrons. The SMILES string of the molecule is COc1ccc2ncc3c(c2c1)N(C[C@@H]1CC[C@@H](NCc2ccccc2)[C@@H](CNN)C1)CCO3. The van der Waals surface area contributed by atoms with Gasteiger partial charge in [-0.05, 0) is 54.9 Å². The molecule has 3 aromatic rings.